The van der Waals surface area contributed by atoms with Gasteiger partial charge in [-0.15, -0.1) is 0 Å². The average Bonchev–Trinajstić information content (AvgIpc) is 2.46. The molecule has 1 rings (SSSR count). The molecule has 0 aliphatic rings. The van der Waals surface area contributed by atoms with Gasteiger partial charge in [-0.3, -0.25) is 14.9 Å². The standard InChI is InChI=1S/C14H20N4O4/c1-4-7-15-13(19)10(3)16-14(20)17-11-6-5-9(2)12(8-11)18(21)22/h5-6,8,10H,4,7H2,1-3H3,(H,15,19)(H2,16,17,20). The molecule has 0 aromatic heterocycles. The molecule has 1 atom stereocenters. The predicted octanol–water partition coefficient (Wildman–Crippen LogP) is 1.94. The Labute approximate surface area is 128 Å². The minimum absolute atomic E-state index is 0.0773. The molecular formula is C14H20N4O4. The summed E-state index contributed by atoms with van der Waals surface area (Å²) < 4.78 is 0. The molecule has 0 saturated heterocycles. The highest BCUT2D eigenvalue weighted by Crippen LogP contribution is 2.22. The quantitative estimate of drug-likeness (QED) is 0.550. The van der Waals surface area contributed by atoms with Crippen molar-refractivity contribution < 1.29 is 14.5 Å². The van der Waals surface area contributed by atoms with Gasteiger partial charge in [0.25, 0.3) is 5.69 Å². The Balaban J connectivity index is 2.63. The number of nitro groups is 1. The number of carbonyl (C=O) groups excluding carboxylic acids is 2. The molecule has 3 amide bonds. The maximum absolute atomic E-state index is 11.8. The van der Waals surface area contributed by atoms with Crippen molar-refractivity contribution in [2.45, 2.75) is 33.2 Å². The van der Waals surface area contributed by atoms with Gasteiger partial charge < -0.3 is 16.0 Å². The molecule has 1 unspecified atom stereocenters. The minimum Gasteiger partial charge on any atom is -0.354 e. The normalized spacial score (nSPS) is 11.4. The van der Waals surface area contributed by atoms with E-state index in [0.717, 1.165) is 6.42 Å². The zero-order chi connectivity index (χ0) is 16.7. The van der Waals surface area contributed by atoms with Gasteiger partial charge >= 0.3 is 6.03 Å². The first-order valence-electron chi connectivity index (χ1n) is 6.95. The van der Waals surface area contributed by atoms with Crippen LogP contribution in [0.2, 0.25) is 0 Å². The second-order valence-electron chi connectivity index (χ2n) is 4.87. The zero-order valence-corrected chi connectivity index (χ0v) is 12.8. The molecule has 1 aromatic rings. The molecule has 0 saturated carbocycles. The van der Waals surface area contributed by atoms with E-state index in [1.54, 1.807) is 26.0 Å². The van der Waals surface area contributed by atoms with Gasteiger partial charge in [-0.2, -0.15) is 0 Å². The summed E-state index contributed by atoms with van der Waals surface area (Å²) >= 11 is 0. The zero-order valence-electron chi connectivity index (χ0n) is 12.8. The number of hydrogen-bond acceptors (Lipinski definition) is 4. The number of urea groups is 1. The minimum atomic E-state index is -0.702. The van der Waals surface area contributed by atoms with Crippen LogP contribution >= 0.6 is 0 Å². The van der Waals surface area contributed by atoms with Crippen LogP contribution in [0.15, 0.2) is 18.2 Å². The van der Waals surface area contributed by atoms with Crippen molar-refractivity contribution in [1.82, 2.24) is 10.6 Å². The molecule has 0 heterocycles. The summed E-state index contributed by atoms with van der Waals surface area (Å²) in [5.74, 6) is -0.285. The first kappa shape index (κ1) is 17.4. The highest BCUT2D eigenvalue weighted by molar-refractivity contribution is 5.93. The van der Waals surface area contributed by atoms with Crippen molar-refractivity contribution in [1.29, 1.82) is 0 Å². The Morgan fingerprint density at radius 3 is 2.64 bits per heavy atom. The van der Waals surface area contributed by atoms with E-state index in [0.29, 0.717) is 12.1 Å². The summed E-state index contributed by atoms with van der Waals surface area (Å²) in [6.45, 7) is 5.64. The third-order valence-corrected chi connectivity index (χ3v) is 2.95. The van der Waals surface area contributed by atoms with Crippen LogP contribution in [0.1, 0.15) is 25.8 Å². The van der Waals surface area contributed by atoms with Crippen LogP contribution in [0.4, 0.5) is 16.2 Å². The van der Waals surface area contributed by atoms with Crippen LogP contribution in [0.5, 0.6) is 0 Å². The van der Waals surface area contributed by atoms with Gasteiger partial charge in [-0.1, -0.05) is 13.0 Å². The Bertz CT molecular complexity index is 574. The molecule has 1 aromatic carbocycles. The van der Waals surface area contributed by atoms with Crippen LogP contribution < -0.4 is 16.0 Å². The third kappa shape index (κ3) is 5.04. The van der Waals surface area contributed by atoms with E-state index < -0.39 is 17.0 Å². The summed E-state index contributed by atoms with van der Waals surface area (Å²) in [6, 6.07) is 3.08. The number of hydrogen-bond donors (Lipinski definition) is 3. The Kier molecular flexibility index (Phi) is 6.30. The van der Waals surface area contributed by atoms with Crippen molar-refractivity contribution in [3.8, 4) is 0 Å². The van der Waals surface area contributed by atoms with E-state index in [1.807, 2.05) is 6.92 Å². The number of aryl methyl sites for hydroxylation is 1. The summed E-state index contributed by atoms with van der Waals surface area (Å²) in [5, 5.41) is 18.5. The highest BCUT2D eigenvalue weighted by Gasteiger charge is 2.16. The molecular weight excluding hydrogens is 288 g/mol. The van der Waals surface area contributed by atoms with E-state index >= 15 is 0 Å². The van der Waals surface area contributed by atoms with E-state index in [1.165, 1.54) is 6.07 Å². The number of nitrogens with zero attached hydrogens (tertiary/aromatic N) is 1. The number of benzene rings is 1. The number of nitrogens with one attached hydrogen (secondary N) is 3. The number of carbonyl (C=O) groups is 2. The van der Waals surface area contributed by atoms with Crippen LogP contribution in [0, 0.1) is 17.0 Å². The first-order chi connectivity index (χ1) is 10.3. The number of anilines is 1. The summed E-state index contributed by atoms with van der Waals surface area (Å²) in [5.41, 5.74) is 0.714. The maximum atomic E-state index is 11.8. The largest absolute Gasteiger partial charge is 0.354 e. The fourth-order valence-electron chi connectivity index (χ4n) is 1.71. The molecule has 0 radical (unpaired) electrons. The fourth-order valence-corrected chi connectivity index (χ4v) is 1.71. The Morgan fingerprint density at radius 2 is 2.05 bits per heavy atom. The molecule has 8 nitrogen and oxygen atoms in total. The topological polar surface area (TPSA) is 113 Å². The molecule has 120 valence electrons. The van der Waals surface area contributed by atoms with E-state index in [4.69, 9.17) is 0 Å². The van der Waals surface area contributed by atoms with Crippen LogP contribution in [-0.4, -0.2) is 29.4 Å². The number of rotatable bonds is 6. The lowest BCUT2D eigenvalue weighted by molar-refractivity contribution is -0.385. The van der Waals surface area contributed by atoms with Crippen LogP contribution in [-0.2, 0) is 4.79 Å². The van der Waals surface area contributed by atoms with Crippen molar-refractivity contribution >= 4 is 23.3 Å². The van der Waals surface area contributed by atoms with E-state index in [2.05, 4.69) is 16.0 Å². The van der Waals surface area contributed by atoms with Gasteiger partial charge in [0, 0.05) is 23.9 Å². The maximum Gasteiger partial charge on any atom is 0.319 e. The lowest BCUT2D eigenvalue weighted by Gasteiger charge is -2.14. The highest BCUT2D eigenvalue weighted by atomic mass is 16.6. The fraction of sp³-hybridized carbons (Fsp3) is 0.429. The predicted molar refractivity (Wildman–Crippen MR) is 82.8 cm³/mol. The second kappa shape index (κ2) is 7.96. The van der Waals surface area contributed by atoms with Gasteiger partial charge in [-0.25, -0.2) is 4.79 Å². The molecule has 0 fully saturated rings. The molecule has 0 bridgehead atoms. The van der Waals surface area contributed by atoms with Gasteiger partial charge in [0.2, 0.25) is 5.91 Å². The van der Waals surface area contributed by atoms with Crippen molar-refractivity contribution in [3.05, 3.63) is 33.9 Å². The van der Waals surface area contributed by atoms with Crippen molar-refractivity contribution in [2.24, 2.45) is 0 Å². The van der Waals surface area contributed by atoms with Gasteiger partial charge in [0.1, 0.15) is 6.04 Å². The van der Waals surface area contributed by atoms with Gasteiger partial charge in [-0.05, 0) is 26.3 Å². The monoisotopic (exact) mass is 308 g/mol. The van der Waals surface area contributed by atoms with Crippen molar-refractivity contribution in [2.75, 3.05) is 11.9 Å². The summed E-state index contributed by atoms with van der Waals surface area (Å²) in [6.07, 6.45) is 0.803. The van der Waals surface area contributed by atoms with Gasteiger partial charge in [0.05, 0.1) is 4.92 Å². The summed E-state index contributed by atoms with van der Waals surface area (Å²) in [7, 11) is 0. The molecule has 22 heavy (non-hydrogen) atoms. The first-order valence-corrected chi connectivity index (χ1v) is 6.95. The smallest absolute Gasteiger partial charge is 0.319 e. The van der Waals surface area contributed by atoms with Gasteiger partial charge in [0.15, 0.2) is 0 Å². The second-order valence-corrected chi connectivity index (χ2v) is 4.87. The molecule has 0 spiro atoms. The summed E-state index contributed by atoms with van der Waals surface area (Å²) in [4.78, 5) is 33.8. The van der Waals surface area contributed by atoms with Crippen molar-refractivity contribution in [3.63, 3.8) is 0 Å². The van der Waals surface area contributed by atoms with Crippen LogP contribution in [0.3, 0.4) is 0 Å². The third-order valence-electron chi connectivity index (χ3n) is 2.95. The lowest BCUT2D eigenvalue weighted by atomic mass is 10.2. The number of nitro benzene ring substituents is 1. The molecule has 3 N–H and O–H groups in total. The van der Waals surface area contributed by atoms with Crippen LogP contribution in [0.25, 0.3) is 0 Å². The molecule has 0 aliphatic heterocycles. The van der Waals surface area contributed by atoms with E-state index in [9.17, 15) is 19.7 Å². The average molecular weight is 308 g/mol. The molecule has 0 aliphatic carbocycles. The number of amides is 3. The SMILES string of the molecule is CCCNC(=O)C(C)NC(=O)Nc1ccc(C)c([N+](=O)[O-])c1. The molecule has 8 heteroatoms. The Hall–Kier alpha value is -2.64. The Morgan fingerprint density at radius 1 is 1.36 bits per heavy atom. The van der Waals surface area contributed by atoms with E-state index in [-0.39, 0.29) is 17.3 Å². The lowest BCUT2D eigenvalue weighted by Crippen LogP contribution is -2.46.